The van der Waals surface area contributed by atoms with Gasteiger partial charge in [0.15, 0.2) is 0 Å². The number of hydrogen-bond donors (Lipinski definition) is 2. The van der Waals surface area contributed by atoms with Gasteiger partial charge in [0.05, 0.1) is 34.8 Å². The molecule has 0 spiro atoms. The fraction of sp³-hybridized carbons (Fsp3) is 0.214. The third-order valence-electron chi connectivity index (χ3n) is 7.13. The van der Waals surface area contributed by atoms with Crippen LogP contribution in [-0.2, 0) is 4.79 Å². The maximum Gasteiger partial charge on any atom is 0.220 e. The van der Waals surface area contributed by atoms with Gasteiger partial charge in [-0.2, -0.15) is 0 Å². The Kier molecular flexibility index (Phi) is 5.17. The molecule has 2 aromatic carbocycles. The van der Waals surface area contributed by atoms with Gasteiger partial charge >= 0.3 is 0 Å². The average Bonchev–Trinajstić information content (AvgIpc) is 3.30. The number of aromatic nitrogens is 4. The highest BCUT2D eigenvalue weighted by atomic mass is 16.1. The van der Waals surface area contributed by atoms with Gasteiger partial charge in [0.25, 0.3) is 0 Å². The summed E-state index contributed by atoms with van der Waals surface area (Å²) in [6.45, 7) is 0. The lowest BCUT2D eigenvalue weighted by atomic mass is 9.81. The zero-order valence-electron chi connectivity index (χ0n) is 19.3. The van der Waals surface area contributed by atoms with Gasteiger partial charge in [-0.15, -0.1) is 0 Å². The molecule has 7 nitrogen and oxygen atoms in total. The van der Waals surface area contributed by atoms with E-state index < -0.39 is 0 Å². The number of imidazole rings is 1. The normalized spacial score (nSPS) is 18.2. The molecule has 1 aliphatic carbocycles. The fourth-order valence-corrected chi connectivity index (χ4v) is 5.24. The zero-order valence-corrected chi connectivity index (χ0v) is 19.3. The smallest absolute Gasteiger partial charge is 0.220 e. The summed E-state index contributed by atoms with van der Waals surface area (Å²) in [7, 11) is 0. The molecule has 4 N–H and O–H groups in total. The molecule has 5 aromatic rings. The van der Waals surface area contributed by atoms with Gasteiger partial charge in [-0.3, -0.25) is 14.2 Å². The van der Waals surface area contributed by atoms with Crippen molar-refractivity contribution in [3.63, 3.8) is 0 Å². The summed E-state index contributed by atoms with van der Waals surface area (Å²) in [6, 6.07) is 20.6. The predicted molar refractivity (Wildman–Crippen MR) is 137 cm³/mol. The highest BCUT2D eigenvalue weighted by molar-refractivity contribution is 5.89. The summed E-state index contributed by atoms with van der Waals surface area (Å²) in [5.74, 6) is 1.42. The van der Waals surface area contributed by atoms with Crippen LogP contribution in [0.4, 0.5) is 5.82 Å². The number of hydrogen-bond acceptors (Lipinski definition) is 5. The van der Waals surface area contributed by atoms with Crippen LogP contribution in [0.3, 0.4) is 0 Å². The molecule has 3 aromatic heterocycles. The lowest BCUT2D eigenvalue weighted by Gasteiger charge is -2.26. The Balaban J connectivity index is 1.44. The number of rotatable bonds is 4. The first kappa shape index (κ1) is 21.3. The second-order valence-electron chi connectivity index (χ2n) is 9.29. The molecule has 6 rings (SSSR count). The topological polar surface area (TPSA) is 112 Å². The van der Waals surface area contributed by atoms with E-state index in [0.717, 1.165) is 70.4 Å². The second-order valence-corrected chi connectivity index (χ2v) is 9.29. The van der Waals surface area contributed by atoms with E-state index in [2.05, 4.69) is 47.4 Å². The molecule has 7 heteroatoms. The summed E-state index contributed by atoms with van der Waals surface area (Å²) in [4.78, 5) is 26.0. The molecule has 1 saturated carbocycles. The number of pyridine rings is 1. The van der Waals surface area contributed by atoms with Crippen molar-refractivity contribution in [3.8, 4) is 22.5 Å². The number of nitrogens with zero attached hydrogens (tertiary/aromatic N) is 4. The molecule has 0 saturated heterocycles. The highest BCUT2D eigenvalue weighted by Crippen LogP contribution is 2.38. The van der Waals surface area contributed by atoms with Crippen LogP contribution in [0.5, 0.6) is 0 Å². The minimum atomic E-state index is -0.209. The molecule has 0 unspecified atom stereocenters. The highest BCUT2D eigenvalue weighted by Gasteiger charge is 2.29. The Morgan fingerprint density at radius 3 is 2.43 bits per heavy atom. The maximum atomic E-state index is 11.6. The number of anilines is 1. The number of nitrogen functional groups attached to an aromatic ring is 1. The molecule has 35 heavy (non-hydrogen) atoms. The number of benzene rings is 2. The van der Waals surface area contributed by atoms with Crippen molar-refractivity contribution in [2.75, 3.05) is 5.73 Å². The van der Waals surface area contributed by atoms with Gasteiger partial charge in [0, 0.05) is 28.3 Å². The summed E-state index contributed by atoms with van der Waals surface area (Å²) in [6.07, 6.45) is 6.73. The Morgan fingerprint density at radius 2 is 1.66 bits per heavy atom. The Bertz CT molecular complexity index is 1550. The summed E-state index contributed by atoms with van der Waals surface area (Å²) >= 11 is 0. The van der Waals surface area contributed by atoms with Gasteiger partial charge in [-0.25, -0.2) is 9.97 Å². The van der Waals surface area contributed by atoms with Crippen molar-refractivity contribution in [2.45, 2.75) is 31.6 Å². The van der Waals surface area contributed by atoms with Crippen molar-refractivity contribution < 1.29 is 4.79 Å². The third-order valence-corrected chi connectivity index (χ3v) is 7.13. The minimum absolute atomic E-state index is 0.0543. The number of amides is 1. The molecule has 1 amide bonds. The first-order chi connectivity index (χ1) is 17.1. The maximum absolute atomic E-state index is 11.6. The third kappa shape index (κ3) is 3.79. The van der Waals surface area contributed by atoms with Crippen LogP contribution in [0.2, 0.25) is 0 Å². The summed E-state index contributed by atoms with van der Waals surface area (Å²) in [5, 5.41) is 1.07. The van der Waals surface area contributed by atoms with Crippen LogP contribution in [0.15, 0.2) is 73.1 Å². The average molecular weight is 463 g/mol. The number of nitrogens with two attached hydrogens (primary N) is 2. The molecular weight excluding hydrogens is 436 g/mol. The van der Waals surface area contributed by atoms with Crippen molar-refractivity contribution in [3.05, 3.63) is 78.9 Å². The monoisotopic (exact) mass is 462 g/mol. The van der Waals surface area contributed by atoms with E-state index >= 15 is 0 Å². The largest absolute Gasteiger partial charge is 0.383 e. The molecule has 1 aliphatic rings. The van der Waals surface area contributed by atoms with Gasteiger partial charge in [0.2, 0.25) is 5.91 Å². The number of carbonyl (C=O) groups is 1. The van der Waals surface area contributed by atoms with Crippen LogP contribution in [0.1, 0.15) is 37.4 Å². The predicted octanol–water partition coefficient (Wildman–Crippen LogP) is 4.95. The minimum Gasteiger partial charge on any atom is -0.383 e. The summed E-state index contributed by atoms with van der Waals surface area (Å²) in [5.41, 5.74) is 17.5. The Hall–Kier alpha value is -4.26. The van der Waals surface area contributed by atoms with E-state index in [1.165, 1.54) is 0 Å². The molecule has 174 valence electrons. The molecule has 1 fully saturated rings. The SMILES string of the molecule is NC(=O)C1CCC(c2nc(-c3ccc4ccc(-c5ccccc5)nc4c3)c3cncc(N)n23)CC1. The van der Waals surface area contributed by atoms with Crippen LogP contribution in [-0.4, -0.2) is 25.3 Å². The van der Waals surface area contributed by atoms with Crippen LogP contribution in [0.25, 0.3) is 38.9 Å². The van der Waals surface area contributed by atoms with Crippen LogP contribution < -0.4 is 11.5 Å². The van der Waals surface area contributed by atoms with Crippen LogP contribution in [0, 0.1) is 5.92 Å². The van der Waals surface area contributed by atoms with Gasteiger partial charge in [-0.1, -0.05) is 48.5 Å². The number of carbonyl (C=O) groups excluding carboxylic acids is 1. The lowest BCUT2D eigenvalue weighted by molar-refractivity contribution is -0.122. The van der Waals surface area contributed by atoms with Gasteiger partial charge in [0.1, 0.15) is 11.6 Å². The van der Waals surface area contributed by atoms with E-state index in [9.17, 15) is 4.79 Å². The van der Waals surface area contributed by atoms with Crippen molar-refractivity contribution >= 4 is 28.1 Å². The standard InChI is InChI=1S/C28H26N6O/c29-25-16-31-15-24-26(33-28(34(24)25)20-9-7-19(8-10-20)27(30)35)21-11-6-18-12-13-22(32-23(18)14-21)17-4-2-1-3-5-17/h1-6,11-16,19-20H,7-10,29H2,(H2,30,35). The Labute approximate surface area is 202 Å². The fourth-order valence-electron chi connectivity index (χ4n) is 5.24. The van der Waals surface area contributed by atoms with E-state index in [0.29, 0.717) is 5.82 Å². The van der Waals surface area contributed by atoms with E-state index in [-0.39, 0.29) is 17.7 Å². The van der Waals surface area contributed by atoms with E-state index in [4.69, 9.17) is 21.4 Å². The van der Waals surface area contributed by atoms with E-state index in [1.807, 2.05) is 28.8 Å². The van der Waals surface area contributed by atoms with Gasteiger partial charge < -0.3 is 11.5 Å². The van der Waals surface area contributed by atoms with E-state index in [1.54, 1.807) is 6.20 Å². The number of primary amides is 1. The molecule has 0 bridgehead atoms. The quantitative estimate of drug-likeness (QED) is 0.392. The lowest BCUT2D eigenvalue weighted by Crippen LogP contribution is -2.27. The number of fused-ring (bicyclic) bond motifs is 2. The molecule has 3 heterocycles. The molecule has 0 radical (unpaired) electrons. The molecule has 0 aliphatic heterocycles. The zero-order chi connectivity index (χ0) is 23.9. The first-order valence-corrected chi connectivity index (χ1v) is 12.0. The van der Waals surface area contributed by atoms with Crippen molar-refractivity contribution in [1.29, 1.82) is 0 Å². The van der Waals surface area contributed by atoms with Crippen LogP contribution >= 0.6 is 0 Å². The summed E-state index contributed by atoms with van der Waals surface area (Å²) < 4.78 is 2.01. The molecule has 0 atom stereocenters. The molecular formula is C28H26N6O. The van der Waals surface area contributed by atoms with Crippen molar-refractivity contribution in [1.82, 2.24) is 19.4 Å². The first-order valence-electron chi connectivity index (χ1n) is 12.0. The second kappa shape index (κ2) is 8.51. The van der Waals surface area contributed by atoms with Crippen molar-refractivity contribution in [2.24, 2.45) is 11.7 Å². The Morgan fingerprint density at radius 1 is 0.886 bits per heavy atom. The van der Waals surface area contributed by atoms with Gasteiger partial charge in [-0.05, 0) is 37.8 Å².